The van der Waals surface area contributed by atoms with E-state index in [-0.39, 0.29) is 6.04 Å². The standard InChI is InChI=1S/C17H12N2/c1-12(10-18)17-16-9-5-4-8-15(16)14-7-3-2-6-13(14)11-19-17/h2-9,11,17H,1H2. The maximum absolute atomic E-state index is 9.10. The van der Waals surface area contributed by atoms with Crippen LogP contribution in [-0.4, -0.2) is 6.21 Å². The largest absolute Gasteiger partial charge is 0.279 e. The van der Waals surface area contributed by atoms with Crippen LogP contribution in [0.5, 0.6) is 0 Å². The summed E-state index contributed by atoms with van der Waals surface area (Å²) in [5, 5.41) is 9.10. The van der Waals surface area contributed by atoms with Crippen LogP contribution < -0.4 is 0 Å². The van der Waals surface area contributed by atoms with Crippen LogP contribution >= 0.6 is 0 Å². The van der Waals surface area contributed by atoms with Crippen molar-refractivity contribution in [1.82, 2.24) is 0 Å². The van der Waals surface area contributed by atoms with Gasteiger partial charge < -0.3 is 0 Å². The summed E-state index contributed by atoms with van der Waals surface area (Å²) in [6, 6.07) is 18.0. The predicted octanol–water partition coefficient (Wildman–Crippen LogP) is 3.91. The zero-order valence-corrected chi connectivity index (χ0v) is 10.4. The molecule has 0 radical (unpaired) electrons. The van der Waals surface area contributed by atoms with Gasteiger partial charge in [0, 0.05) is 11.8 Å². The van der Waals surface area contributed by atoms with Crippen molar-refractivity contribution in [2.45, 2.75) is 6.04 Å². The Balaban J connectivity index is 2.29. The van der Waals surface area contributed by atoms with Crippen LogP contribution in [0.2, 0.25) is 0 Å². The number of hydrogen-bond acceptors (Lipinski definition) is 2. The van der Waals surface area contributed by atoms with Gasteiger partial charge in [0.25, 0.3) is 0 Å². The average molecular weight is 244 g/mol. The molecule has 2 aromatic carbocycles. The maximum atomic E-state index is 9.10. The van der Waals surface area contributed by atoms with E-state index in [0.29, 0.717) is 5.57 Å². The number of nitrogens with zero attached hydrogens (tertiary/aromatic N) is 2. The zero-order valence-electron chi connectivity index (χ0n) is 10.4. The van der Waals surface area contributed by atoms with Gasteiger partial charge >= 0.3 is 0 Å². The number of fused-ring (bicyclic) bond motifs is 3. The van der Waals surface area contributed by atoms with Gasteiger partial charge in [-0.1, -0.05) is 55.1 Å². The summed E-state index contributed by atoms with van der Waals surface area (Å²) in [4.78, 5) is 4.53. The first-order valence-electron chi connectivity index (χ1n) is 6.11. The van der Waals surface area contributed by atoms with Crippen LogP contribution in [0.3, 0.4) is 0 Å². The van der Waals surface area contributed by atoms with E-state index in [1.165, 1.54) is 0 Å². The summed E-state index contributed by atoms with van der Waals surface area (Å²) < 4.78 is 0. The fourth-order valence-electron chi connectivity index (χ4n) is 2.41. The highest BCUT2D eigenvalue weighted by Crippen LogP contribution is 2.37. The van der Waals surface area contributed by atoms with Gasteiger partial charge in [-0.15, -0.1) is 0 Å². The zero-order chi connectivity index (χ0) is 13.2. The van der Waals surface area contributed by atoms with Crippen molar-refractivity contribution in [2.75, 3.05) is 0 Å². The molecule has 1 aliphatic rings. The van der Waals surface area contributed by atoms with Crippen molar-refractivity contribution in [3.05, 3.63) is 71.8 Å². The Morgan fingerprint density at radius 1 is 1.05 bits per heavy atom. The molecule has 0 N–H and O–H groups in total. The molecule has 3 rings (SSSR count). The highest BCUT2D eigenvalue weighted by Gasteiger charge is 2.21. The molecule has 0 amide bonds. The van der Waals surface area contributed by atoms with E-state index < -0.39 is 0 Å². The molecule has 0 saturated heterocycles. The highest BCUT2D eigenvalue weighted by molar-refractivity contribution is 5.93. The molecule has 1 atom stereocenters. The van der Waals surface area contributed by atoms with Crippen molar-refractivity contribution in [2.24, 2.45) is 4.99 Å². The molecule has 2 aromatic rings. The van der Waals surface area contributed by atoms with Crippen LogP contribution in [0.4, 0.5) is 0 Å². The van der Waals surface area contributed by atoms with Crippen molar-refractivity contribution in [3.63, 3.8) is 0 Å². The van der Waals surface area contributed by atoms with E-state index in [4.69, 9.17) is 5.26 Å². The minimum absolute atomic E-state index is 0.284. The molecule has 2 nitrogen and oxygen atoms in total. The van der Waals surface area contributed by atoms with E-state index in [2.05, 4.69) is 29.8 Å². The monoisotopic (exact) mass is 244 g/mol. The van der Waals surface area contributed by atoms with Crippen molar-refractivity contribution in [1.29, 1.82) is 5.26 Å². The quantitative estimate of drug-likeness (QED) is 0.701. The molecule has 0 aliphatic carbocycles. The number of hydrogen-bond donors (Lipinski definition) is 0. The smallest absolute Gasteiger partial charge is 0.110 e. The molecule has 1 unspecified atom stereocenters. The lowest BCUT2D eigenvalue weighted by atomic mass is 9.91. The fourth-order valence-corrected chi connectivity index (χ4v) is 2.41. The first-order valence-corrected chi connectivity index (χ1v) is 6.11. The van der Waals surface area contributed by atoms with E-state index in [1.54, 1.807) is 0 Å². The molecule has 0 fully saturated rings. The summed E-state index contributed by atoms with van der Waals surface area (Å²) >= 11 is 0. The topological polar surface area (TPSA) is 36.1 Å². The molecule has 19 heavy (non-hydrogen) atoms. The van der Waals surface area contributed by atoms with E-state index in [9.17, 15) is 0 Å². The van der Waals surface area contributed by atoms with Crippen LogP contribution in [0.15, 0.2) is 65.7 Å². The Morgan fingerprint density at radius 3 is 2.53 bits per heavy atom. The van der Waals surface area contributed by atoms with Crippen LogP contribution in [-0.2, 0) is 0 Å². The Morgan fingerprint density at radius 2 is 1.74 bits per heavy atom. The van der Waals surface area contributed by atoms with Gasteiger partial charge in [-0.05, 0) is 16.7 Å². The van der Waals surface area contributed by atoms with Gasteiger partial charge in [-0.3, -0.25) is 4.99 Å². The average Bonchev–Trinajstić information content (AvgIpc) is 2.64. The molecule has 0 aromatic heterocycles. The Hall–Kier alpha value is -2.66. The molecule has 1 heterocycles. The third-order valence-corrected chi connectivity index (χ3v) is 3.34. The third kappa shape index (κ3) is 1.86. The summed E-state index contributed by atoms with van der Waals surface area (Å²) in [5.41, 5.74) is 4.85. The van der Waals surface area contributed by atoms with Gasteiger partial charge in [0.15, 0.2) is 0 Å². The number of rotatable bonds is 1. The van der Waals surface area contributed by atoms with Crippen LogP contribution in [0.1, 0.15) is 17.2 Å². The Kier molecular flexibility index (Phi) is 2.74. The molecule has 1 aliphatic heterocycles. The highest BCUT2D eigenvalue weighted by atomic mass is 14.8. The lowest BCUT2D eigenvalue weighted by Crippen LogP contribution is -1.98. The van der Waals surface area contributed by atoms with Gasteiger partial charge in [-0.2, -0.15) is 5.26 Å². The normalized spacial score (nSPS) is 15.8. The third-order valence-electron chi connectivity index (χ3n) is 3.34. The minimum atomic E-state index is -0.284. The molecule has 0 spiro atoms. The lowest BCUT2D eigenvalue weighted by molar-refractivity contribution is 0.890. The van der Waals surface area contributed by atoms with Crippen molar-refractivity contribution < 1.29 is 0 Å². The van der Waals surface area contributed by atoms with Crippen molar-refractivity contribution in [3.8, 4) is 17.2 Å². The van der Waals surface area contributed by atoms with E-state index in [0.717, 1.165) is 22.3 Å². The first-order chi connectivity index (χ1) is 9.31. The number of nitriles is 1. The summed E-state index contributed by atoms with van der Waals surface area (Å²) in [7, 11) is 0. The van der Waals surface area contributed by atoms with E-state index in [1.807, 2.05) is 42.6 Å². The van der Waals surface area contributed by atoms with Crippen LogP contribution in [0.25, 0.3) is 11.1 Å². The SMILES string of the molecule is C=C(C#N)C1N=Cc2ccccc2-c2ccccc21. The molecular formula is C17H12N2. The Bertz CT molecular complexity index is 720. The minimum Gasteiger partial charge on any atom is -0.279 e. The molecule has 0 saturated carbocycles. The van der Waals surface area contributed by atoms with Gasteiger partial charge in [0.2, 0.25) is 0 Å². The molecular weight excluding hydrogens is 232 g/mol. The summed E-state index contributed by atoms with van der Waals surface area (Å²) in [6.07, 6.45) is 1.84. The maximum Gasteiger partial charge on any atom is 0.110 e. The summed E-state index contributed by atoms with van der Waals surface area (Å²) in [5.74, 6) is 0. The van der Waals surface area contributed by atoms with Crippen LogP contribution in [0, 0.1) is 11.3 Å². The molecule has 90 valence electrons. The number of aliphatic imine (C=N–C) groups is 1. The second-order valence-corrected chi connectivity index (χ2v) is 4.49. The molecule has 0 bridgehead atoms. The molecule has 2 heteroatoms. The first kappa shape index (κ1) is 11.4. The fraction of sp³-hybridized carbons (Fsp3) is 0.0588. The second kappa shape index (κ2) is 4.55. The second-order valence-electron chi connectivity index (χ2n) is 4.49. The van der Waals surface area contributed by atoms with Crippen molar-refractivity contribution >= 4 is 6.21 Å². The van der Waals surface area contributed by atoms with Gasteiger partial charge in [0.05, 0.1) is 11.6 Å². The van der Waals surface area contributed by atoms with Gasteiger partial charge in [-0.25, -0.2) is 0 Å². The number of benzene rings is 2. The predicted molar refractivity (Wildman–Crippen MR) is 77.0 cm³/mol. The van der Waals surface area contributed by atoms with E-state index >= 15 is 0 Å². The summed E-state index contributed by atoms with van der Waals surface area (Å²) in [6.45, 7) is 3.83. The lowest BCUT2D eigenvalue weighted by Gasteiger charge is -2.13. The van der Waals surface area contributed by atoms with Gasteiger partial charge in [0.1, 0.15) is 6.04 Å². The Labute approximate surface area is 112 Å².